The van der Waals surface area contributed by atoms with Crippen molar-refractivity contribution < 1.29 is 23.8 Å². The second kappa shape index (κ2) is 5.45. The van der Waals surface area contributed by atoms with E-state index in [1.54, 1.807) is 6.92 Å². The van der Waals surface area contributed by atoms with E-state index >= 15 is 0 Å². The SMILES string of the molecule is CCOC(=O)CCN1C=C(F)C(O)NC1=O. The largest absolute Gasteiger partial charge is 0.466 e. The van der Waals surface area contributed by atoms with Crippen LogP contribution in [0.25, 0.3) is 0 Å². The average Bonchev–Trinajstić information content (AvgIpc) is 2.22. The Hall–Kier alpha value is -1.63. The molecule has 0 aliphatic carbocycles. The lowest BCUT2D eigenvalue weighted by atomic mass is 10.3. The monoisotopic (exact) mass is 232 g/mol. The third kappa shape index (κ3) is 3.20. The zero-order chi connectivity index (χ0) is 12.1. The summed E-state index contributed by atoms with van der Waals surface area (Å²) >= 11 is 0. The van der Waals surface area contributed by atoms with Crippen molar-refractivity contribution in [3.8, 4) is 0 Å². The van der Waals surface area contributed by atoms with Crippen molar-refractivity contribution >= 4 is 12.0 Å². The van der Waals surface area contributed by atoms with E-state index in [0.717, 1.165) is 11.1 Å². The van der Waals surface area contributed by atoms with Crippen molar-refractivity contribution in [2.45, 2.75) is 19.6 Å². The number of rotatable bonds is 4. The number of halogens is 1. The number of urea groups is 1. The van der Waals surface area contributed by atoms with Crippen molar-refractivity contribution in [2.24, 2.45) is 0 Å². The minimum Gasteiger partial charge on any atom is -0.466 e. The smallest absolute Gasteiger partial charge is 0.323 e. The summed E-state index contributed by atoms with van der Waals surface area (Å²) in [5, 5.41) is 10.9. The van der Waals surface area contributed by atoms with Gasteiger partial charge in [0.1, 0.15) is 0 Å². The predicted octanol–water partition coefficient (Wildman–Crippen LogP) is 0.0941. The van der Waals surface area contributed by atoms with Gasteiger partial charge in [0.05, 0.1) is 13.0 Å². The van der Waals surface area contributed by atoms with Crippen LogP contribution in [0.3, 0.4) is 0 Å². The standard InChI is InChI=1S/C9H13FN2O4/c1-2-16-7(13)3-4-12-5-6(10)8(14)11-9(12)15/h5,8,14H,2-4H2,1H3,(H,11,15). The summed E-state index contributed by atoms with van der Waals surface area (Å²) in [4.78, 5) is 23.2. The highest BCUT2D eigenvalue weighted by atomic mass is 19.1. The van der Waals surface area contributed by atoms with Gasteiger partial charge in [-0.15, -0.1) is 0 Å². The van der Waals surface area contributed by atoms with Crippen molar-refractivity contribution in [3.63, 3.8) is 0 Å². The van der Waals surface area contributed by atoms with Crippen LogP contribution < -0.4 is 5.32 Å². The van der Waals surface area contributed by atoms with Crippen LogP contribution in [0.15, 0.2) is 12.0 Å². The molecule has 0 saturated heterocycles. The Balaban J connectivity index is 2.48. The molecule has 0 fully saturated rings. The number of aliphatic hydroxyl groups is 1. The van der Waals surface area contributed by atoms with Crippen molar-refractivity contribution in [3.05, 3.63) is 12.0 Å². The third-order valence-corrected chi connectivity index (χ3v) is 1.92. The van der Waals surface area contributed by atoms with Gasteiger partial charge in [-0.25, -0.2) is 9.18 Å². The molecule has 0 saturated carbocycles. The highest BCUT2D eigenvalue weighted by Gasteiger charge is 2.25. The van der Waals surface area contributed by atoms with E-state index in [2.05, 4.69) is 4.74 Å². The Labute approximate surface area is 91.7 Å². The van der Waals surface area contributed by atoms with E-state index in [4.69, 9.17) is 5.11 Å². The molecule has 16 heavy (non-hydrogen) atoms. The van der Waals surface area contributed by atoms with E-state index in [0.29, 0.717) is 0 Å². The van der Waals surface area contributed by atoms with Crippen LogP contribution in [-0.4, -0.2) is 41.4 Å². The summed E-state index contributed by atoms with van der Waals surface area (Å²) < 4.78 is 17.6. The summed E-state index contributed by atoms with van der Waals surface area (Å²) in [6, 6.07) is -0.654. The fraction of sp³-hybridized carbons (Fsp3) is 0.556. The first-order valence-electron chi connectivity index (χ1n) is 4.82. The lowest BCUT2D eigenvalue weighted by molar-refractivity contribution is -0.143. The molecule has 1 aliphatic heterocycles. The second-order valence-corrected chi connectivity index (χ2v) is 3.11. The fourth-order valence-electron chi connectivity index (χ4n) is 1.16. The van der Waals surface area contributed by atoms with Crippen LogP contribution in [0.5, 0.6) is 0 Å². The Morgan fingerprint density at radius 2 is 2.44 bits per heavy atom. The van der Waals surface area contributed by atoms with Gasteiger partial charge in [0.2, 0.25) is 0 Å². The van der Waals surface area contributed by atoms with E-state index in [1.165, 1.54) is 0 Å². The number of hydrogen-bond donors (Lipinski definition) is 2. The number of carbonyl (C=O) groups is 2. The molecule has 0 aromatic carbocycles. The molecule has 1 heterocycles. The molecular formula is C9H13FN2O4. The van der Waals surface area contributed by atoms with Gasteiger partial charge in [-0.05, 0) is 6.92 Å². The summed E-state index contributed by atoms with van der Waals surface area (Å²) in [6.07, 6.45) is -0.768. The van der Waals surface area contributed by atoms with Gasteiger partial charge in [-0.3, -0.25) is 9.69 Å². The van der Waals surface area contributed by atoms with E-state index in [1.807, 2.05) is 5.32 Å². The number of carbonyl (C=O) groups excluding carboxylic acids is 2. The minimum absolute atomic E-state index is 0.00477. The summed E-state index contributed by atoms with van der Waals surface area (Å²) in [5.74, 6) is -1.33. The van der Waals surface area contributed by atoms with Crippen molar-refractivity contribution in [1.82, 2.24) is 10.2 Å². The van der Waals surface area contributed by atoms with Crippen LogP contribution in [0.4, 0.5) is 9.18 Å². The number of aliphatic hydroxyl groups excluding tert-OH is 1. The quantitative estimate of drug-likeness (QED) is 0.673. The van der Waals surface area contributed by atoms with Gasteiger partial charge >= 0.3 is 12.0 Å². The Kier molecular flexibility index (Phi) is 4.24. The molecule has 1 unspecified atom stereocenters. The van der Waals surface area contributed by atoms with Gasteiger partial charge < -0.3 is 15.2 Å². The van der Waals surface area contributed by atoms with Crippen LogP contribution in [0.1, 0.15) is 13.3 Å². The molecule has 0 bridgehead atoms. The lowest BCUT2D eigenvalue weighted by Crippen LogP contribution is -2.47. The molecule has 2 amide bonds. The molecule has 7 heteroatoms. The first-order chi connectivity index (χ1) is 7.54. The van der Waals surface area contributed by atoms with Crippen molar-refractivity contribution in [2.75, 3.05) is 13.2 Å². The molecule has 0 aromatic heterocycles. The van der Waals surface area contributed by atoms with E-state index < -0.39 is 24.1 Å². The average molecular weight is 232 g/mol. The Morgan fingerprint density at radius 3 is 3.06 bits per heavy atom. The first kappa shape index (κ1) is 12.4. The van der Waals surface area contributed by atoms with Gasteiger partial charge in [-0.1, -0.05) is 0 Å². The highest BCUT2D eigenvalue weighted by molar-refractivity contribution is 5.78. The maximum Gasteiger partial charge on any atom is 0.323 e. The number of nitrogens with one attached hydrogen (secondary N) is 1. The van der Waals surface area contributed by atoms with Gasteiger partial charge in [0.15, 0.2) is 12.1 Å². The lowest BCUT2D eigenvalue weighted by Gasteiger charge is -2.25. The van der Waals surface area contributed by atoms with Crippen LogP contribution in [-0.2, 0) is 9.53 Å². The molecule has 1 rings (SSSR count). The van der Waals surface area contributed by atoms with Gasteiger partial charge in [0.25, 0.3) is 0 Å². The zero-order valence-electron chi connectivity index (χ0n) is 8.77. The van der Waals surface area contributed by atoms with Gasteiger partial charge in [0, 0.05) is 12.7 Å². The number of hydrogen-bond acceptors (Lipinski definition) is 4. The molecule has 0 radical (unpaired) electrons. The number of ether oxygens (including phenoxy) is 1. The van der Waals surface area contributed by atoms with E-state index in [9.17, 15) is 14.0 Å². The number of amides is 2. The maximum atomic E-state index is 12.9. The van der Waals surface area contributed by atoms with Crippen LogP contribution in [0, 0.1) is 0 Å². The molecule has 1 atom stereocenters. The van der Waals surface area contributed by atoms with Crippen LogP contribution >= 0.6 is 0 Å². The topological polar surface area (TPSA) is 78.9 Å². The predicted molar refractivity (Wildman–Crippen MR) is 51.7 cm³/mol. The second-order valence-electron chi connectivity index (χ2n) is 3.11. The van der Waals surface area contributed by atoms with Crippen LogP contribution in [0.2, 0.25) is 0 Å². The molecule has 0 aromatic rings. The third-order valence-electron chi connectivity index (χ3n) is 1.92. The summed E-state index contributed by atoms with van der Waals surface area (Å²) in [7, 11) is 0. The molecule has 6 nitrogen and oxygen atoms in total. The zero-order valence-corrected chi connectivity index (χ0v) is 8.77. The summed E-state index contributed by atoms with van der Waals surface area (Å²) in [6.45, 7) is 1.93. The number of nitrogens with zero attached hydrogens (tertiary/aromatic N) is 1. The van der Waals surface area contributed by atoms with Crippen molar-refractivity contribution in [1.29, 1.82) is 0 Å². The fourth-order valence-corrected chi connectivity index (χ4v) is 1.16. The maximum absolute atomic E-state index is 12.9. The minimum atomic E-state index is -1.61. The normalized spacial score (nSPS) is 20.2. The number of esters is 1. The first-order valence-corrected chi connectivity index (χ1v) is 4.82. The molecule has 0 spiro atoms. The highest BCUT2D eigenvalue weighted by Crippen LogP contribution is 2.11. The molecule has 90 valence electrons. The Morgan fingerprint density at radius 1 is 1.75 bits per heavy atom. The van der Waals surface area contributed by atoms with Gasteiger partial charge in [-0.2, -0.15) is 0 Å². The molecule has 2 N–H and O–H groups in total. The molecular weight excluding hydrogens is 219 g/mol. The van der Waals surface area contributed by atoms with E-state index in [-0.39, 0.29) is 19.6 Å². The molecule has 1 aliphatic rings. The summed E-state index contributed by atoms with van der Waals surface area (Å²) in [5.41, 5.74) is 0. The Bertz CT molecular complexity index is 319.